The molecule has 0 bridgehead atoms. The number of ether oxygens (including phenoxy) is 1. The Morgan fingerprint density at radius 1 is 1.14 bits per heavy atom. The van der Waals surface area contributed by atoms with Crippen molar-refractivity contribution in [2.75, 3.05) is 13.2 Å². The predicted molar refractivity (Wildman–Crippen MR) is 111 cm³/mol. The molecule has 1 aromatic heterocycles. The minimum Gasteiger partial charge on any atom is -0.494 e. The molecule has 0 radical (unpaired) electrons. The molecule has 0 unspecified atom stereocenters. The topological polar surface area (TPSA) is 56.1 Å². The normalized spacial score (nSPS) is 10.9. The van der Waals surface area contributed by atoms with Crippen LogP contribution in [0.15, 0.2) is 73.1 Å². The molecule has 2 aromatic carbocycles. The first-order valence-corrected chi connectivity index (χ1v) is 9.47. The molecule has 0 aliphatic heterocycles. The molecule has 3 aromatic rings. The highest BCUT2D eigenvalue weighted by Crippen LogP contribution is 2.13. The highest BCUT2D eigenvalue weighted by atomic mass is 16.5. The van der Waals surface area contributed by atoms with Gasteiger partial charge in [0.05, 0.1) is 6.61 Å². The Morgan fingerprint density at radius 3 is 2.68 bits per heavy atom. The second-order valence-corrected chi connectivity index (χ2v) is 6.33. The van der Waals surface area contributed by atoms with E-state index in [9.17, 15) is 4.79 Å². The largest absolute Gasteiger partial charge is 0.494 e. The van der Waals surface area contributed by atoms with E-state index in [1.165, 1.54) is 5.56 Å². The maximum Gasteiger partial charge on any atom is 0.244 e. The van der Waals surface area contributed by atoms with Crippen LogP contribution in [0.4, 0.5) is 0 Å². The van der Waals surface area contributed by atoms with Crippen LogP contribution in [-0.4, -0.2) is 28.6 Å². The number of amides is 1. The number of nitrogens with zero attached hydrogens (tertiary/aromatic N) is 2. The number of aromatic nitrogens is 2. The van der Waals surface area contributed by atoms with Crippen LogP contribution in [0, 0.1) is 0 Å². The van der Waals surface area contributed by atoms with Gasteiger partial charge in [0.25, 0.3) is 0 Å². The summed E-state index contributed by atoms with van der Waals surface area (Å²) in [6, 6.07) is 17.9. The number of imidazole rings is 1. The molecule has 0 aliphatic carbocycles. The second-order valence-electron chi connectivity index (χ2n) is 6.33. The van der Waals surface area contributed by atoms with Gasteiger partial charge in [-0.3, -0.25) is 4.79 Å². The molecule has 0 fully saturated rings. The average Bonchev–Trinajstić information content (AvgIpc) is 3.15. The number of carbonyl (C=O) groups excluding carboxylic acids is 1. The van der Waals surface area contributed by atoms with Crippen molar-refractivity contribution in [3.8, 4) is 5.75 Å². The highest BCUT2D eigenvalue weighted by molar-refractivity contribution is 5.91. The minimum atomic E-state index is -0.116. The van der Waals surface area contributed by atoms with E-state index in [4.69, 9.17) is 4.74 Å². The number of hydrogen-bond acceptors (Lipinski definition) is 3. The third-order valence-electron chi connectivity index (χ3n) is 4.26. The molecule has 3 rings (SSSR count). The molecule has 0 saturated heterocycles. The van der Waals surface area contributed by atoms with Crippen LogP contribution >= 0.6 is 0 Å². The zero-order chi connectivity index (χ0) is 19.6. The summed E-state index contributed by atoms with van der Waals surface area (Å²) in [6.07, 6.45) is 7.79. The van der Waals surface area contributed by atoms with Gasteiger partial charge in [-0.2, -0.15) is 0 Å². The van der Waals surface area contributed by atoms with Crippen LogP contribution in [0.25, 0.3) is 6.08 Å². The SMILES string of the molecule is CCOc1ccc(/C=C/C(=O)NCCc2nccn2Cc2ccccc2)cc1. The average molecular weight is 375 g/mol. The lowest BCUT2D eigenvalue weighted by Crippen LogP contribution is -2.24. The fourth-order valence-corrected chi connectivity index (χ4v) is 2.86. The van der Waals surface area contributed by atoms with Gasteiger partial charge < -0.3 is 14.6 Å². The lowest BCUT2D eigenvalue weighted by atomic mass is 10.2. The van der Waals surface area contributed by atoms with Crippen LogP contribution in [-0.2, 0) is 17.8 Å². The number of carbonyl (C=O) groups is 1. The highest BCUT2D eigenvalue weighted by Gasteiger charge is 2.04. The Balaban J connectivity index is 1.46. The van der Waals surface area contributed by atoms with Gasteiger partial charge in [-0.25, -0.2) is 4.98 Å². The van der Waals surface area contributed by atoms with Crippen molar-refractivity contribution >= 4 is 12.0 Å². The molecule has 0 atom stereocenters. The van der Waals surface area contributed by atoms with Crippen LogP contribution in [0.5, 0.6) is 5.75 Å². The van der Waals surface area contributed by atoms with Gasteiger partial charge in [0, 0.05) is 38.0 Å². The number of nitrogens with one attached hydrogen (secondary N) is 1. The van der Waals surface area contributed by atoms with Gasteiger partial charge in [0.2, 0.25) is 5.91 Å². The maximum absolute atomic E-state index is 12.0. The van der Waals surface area contributed by atoms with Crippen LogP contribution in [0.3, 0.4) is 0 Å². The summed E-state index contributed by atoms with van der Waals surface area (Å²) < 4.78 is 7.52. The third kappa shape index (κ3) is 5.84. The molecule has 1 amide bonds. The summed E-state index contributed by atoms with van der Waals surface area (Å²) in [5.41, 5.74) is 2.18. The molecular formula is C23H25N3O2. The van der Waals surface area contributed by atoms with E-state index < -0.39 is 0 Å². The van der Waals surface area contributed by atoms with Crippen molar-refractivity contribution in [3.05, 3.63) is 90.0 Å². The van der Waals surface area contributed by atoms with Crippen LogP contribution in [0.2, 0.25) is 0 Å². The molecule has 0 saturated carbocycles. The molecule has 5 heteroatoms. The van der Waals surface area contributed by atoms with Gasteiger partial charge in [-0.15, -0.1) is 0 Å². The molecule has 144 valence electrons. The first-order valence-electron chi connectivity index (χ1n) is 9.47. The van der Waals surface area contributed by atoms with E-state index >= 15 is 0 Å². The first-order chi connectivity index (χ1) is 13.7. The van der Waals surface area contributed by atoms with Crippen molar-refractivity contribution in [1.82, 2.24) is 14.9 Å². The predicted octanol–water partition coefficient (Wildman–Crippen LogP) is 3.70. The molecule has 28 heavy (non-hydrogen) atoms. The smallest absolute Gasteiger partial charge is 0.244 e. The summed E-state index contributed by atoms with van der Waals surface area (Å²) in [5, 5.41) is 2.91. The Bertz CT molecular complexity index is 899. The molecule has 1 N–H and O–H groups in total. The van der Waals surface area contributed by atoms with Crippen molar-refractivity contribution in [2.45, 2.75) is 19.9 Å². The Hall–Kier alpha value is -3.34. The van der Waals surface area contributed by atoms with Crippen LogP contribution in [0.1, 0.15) is 23.9 Å². The van der Waals surface area contributed by atoms with Gasteiger partial charge in [0.15, 0.2) is 0 Å². The fourth-order valence-electron chi connectivity index (χ4n) is 2.86. The second kappa shape index (κ2) is 10.1. The lowest BCUT2D eigenvalue weighted by Gasteiger charge is -2.08. The molecular weight excluding hydrogens is 350 g/mol. The van der Waals surface area contributed by atoms with Gasteiger partial charge >= 0.3 is 0 Å². The number of hydrogen-bond donors (Lipinski definition) is 1. The van der Waals surface area contributed by atoms with Gasteiger partial charge in [0.1, 0.15) is 11.6 Å². The van der Waals surface area contributed by atoms with E-state index in [1.54, 1.807) is 18.3 Å². The van der Waals surface area contributed by atoms with E-state index in [1.807, 2.05) is 55.6 Å². The summed E-state index contributed by atoms with van der Waals surface area (Å²) >= 11 is 0. The number of rotatable bonds is 9. The fraction of sp³-hybridized carbons (Fsp3) is 0.217. The van der Waals surface area contributed by atoms with Gasteiger partial charge in [-0.1, -0.05) is 42.5 Å². The summed E-state index contributed by atoms with van der Waals surface area (Å²) in [7, 11) is 0. The van der Waals surface area contributed by atoms with Crippen LogP contribution < -0.4 is 10.1 Å². The van der Waals surface area contributed by atoms with E-state index in [2.05, 4.69) is 27.0 Å². The number of benzene rings is 2. The summed E-state index contributed by atoms with van der Waals surface area (Å²) in [6.45, 7) is 3.91. The maximum atomic E-state index is 12.0. The van der Waals surface area contributed by atoms with Crippen molar-refractivity contribution in [1.29, 1.82) is 0 Å². The lowest BCUT2D eigenvalue weighted by molar-refractivity contribution is -0.116. The van der Waals surface area contributed by atoms with Crippen molar-refractivity contribution in [3.63, 3.8) is 0 Å². The Labute approximate surface area is 165 Å². The van der Waals surface area contributed by atoms with Crippen molar-refractivity contribution < 1.29 is 9.53 Å². The monoisotopic (exact) mass is 375 g/mol. The minimum absolute atomic E-state index is 0.116. The van der Waals surface area contributed by atoms with E-state index in [0.717, 1.165) is 23.7 Å². The molecule has 5 nitrogen and oxygen atoms in total. The van der Waals surface area contributed by atoms with E-state index in [-0.39, 0.29) is 5.91 Å². The molecule has 0 aliphatic rings. The molecule has 1 heterocycles. The Kier molecular flexibility index (Phi) is 7.01. The third-order valence-corrected chi connectivity index (χ3v) is 4.26. The van der Waals surface area contributed by atoms with E-state index in [0.29, 0.717) is 19.6 Å². The summed E-state index contributed by atoms with van der Waals surface area (Å²) in [5.74, 6) is 1.67. The zero-order valence-corrected chi connectivity index (χ0v) is 16.0. The summed E-state index contributed by atoms with van der Waals surface area (Å²) in [4.78, 5) is 16.4. The van der Waals surface area contributed by atoms with Crippen molar-refractivity contribution in [2.24, 2.45) is 0 Å². The quantitative estimate of drug-likeness (QED) is 0.580. The van der Waals surface area contributed by atoms with Gasteiger partial charge in [-0.05, 0) is 36.3 Å². The first kappa shape index (κ1) is 19.4. The Morgan fingerprint density at radius 2 is 1.93 bits per heavy atom. The zero-order valence-electron chi connectivity index (χ0n) is 16.0. The standard InChI is InChI=1S/C23H25N3O2/c1-2-28-21-11-8-19(9-12-21)10-13-23(27)25-15-14-22-24-16-17-26(22)18-20-6-4-3-5-7-20/h3-13,16-17H,2,14-15,18H2,1H3,(H,25,27)/b13-10+. The molecule has 0 spiro atoms.